The maximum atomic E-state index is 11.7. The number of benzene rings is 1. The number of hydrogen-bond donors (Lipinski definition) is 2. The van der Waals surface area contributed by atoms with Gasteiger partial charge in [-0.1, -0.05) is 31.5 Å². The zero-order chi connectivity index (χ0) is 14.4. The molecule has 0 aliphatic heterocycles. The number of aryl methyl sites for hydroxylation is 1. The largest absolute Gasteiger partial charge is 0.317 e. The monoisotopic (exact) mass is 273 g/mol. The van der Waals surface area contributed by atoms with Gasteiger partial charge < -0.3 is 5.32 Å². The molecule has 0 saturated carbocycles. The average molecular weight is 273 g/mol. The van der Waals surface area contributed by atoms with E-state index in [4.69, 9.17) is 0 Å². The molecule has 0 saturated heterocycles. The Kier molecular flexibility index (Phi) is 5.30. The van der Waals surface area contributed by atoms with Crippen molar-refractivity contribution in [3.05, 3.63) is 40.3 Å². The van der Waals surface area contributed by atoms with Crippen LogP contribution in [0.5, 0.6) is 0 Å². The quantitative estimate of drug-likeness (QED) is 0.815. The maximum absolute atomic E-state index is 11.7. The number of rotatable bonds is 7. The van der Waals surface area contributed by atoms with E-state index in [1.165, 1.54) is 12.8 Å². The zero-order valence-electron chi connectivity index (χ0n) is 12.3. The highest BCUT2D eigenvalue weighted by Crippen LogP contribution is 2.15. The second-order valence-electron chi connectivity index (χ2n) is 5.21. The van der Waals surface area contributed by atoms with Gasteiger partial charge in [-0.15, -0.1) is 0 Å². The molecule has 0 amide bonds. The molecule has 108 valence electrons. The molecule has 2 N–H and O–H groups in total. The summed E-state index contributed by atoms with van der Waals surface area (Å²) in [5, 5.41) is 11.9. The van der Waals surface area contributed by atoms with Crippen molar-refractivity contribution in [2.45, 2.75) is 45.1 Å². The lowest BCUT2D eigenvalue weighted by Crippen LogP contribution is -2.24. The number of H-pyrrole nitrogens is 1. The van der Waals surface area contributed by atoms with Gasteiger partial charge in [-0.05, 0) is 38.8 Å². The topological polar surface area (TPSA) is 57.8 Å². The fourth-order valence-electron chi connectivity index (χ4n) is 2.66. The van der Waals surface area contributed by atoms with Crippen molar-refractivity contribution >= 4 is 10.8 Å². The third-order valence-corrected chi connectivity index (χ3v) is 3.79. The highest BCUT2D eigenvalue weighted by molar-refractivity contribution is 5.83. The summed E-state index contributed by atoms with van der Waals surface area (Å²) in [5.41, 5.74) is 0.884. The summed E-state index contributed by atoms with van der Waals surface area (Å²) < 4.78 is 0. The van der Waals surface area contributed by atoms with Crippen LogP contribution in [0.2, 0.25) is 0 Å². The summed E-state index contributed by atoms with van der Waals surface area (Å²) in [7, 11) is 2.02. The first kappa shape index (κ1) is 14.7. The van der Waals surface area contributed by atoms with Crippen LogP contribution in [0.3, 0.4) is 0 Å². The van der Waals surface area contributed by atoms with Crippen LogP contribution in [0, 0.1) is 0 Å². The van der Waals surface area contributed by atoms with Gasteiger partial charge in [0.15, 0.2) is 0 Å². The Balaban J connectivity index is 2.07. The Morgan fingerprint density at radius 1 is 1.25 bits per heavy atom. The van der Waals surface area contributed by atoms with Crippen LogP contribution in [0.25, 0.3) is 10.8 Å². The number of nitrogens with zero attached hydrogens (tertiary/aromatic N) is 1. The molecule has 0 aliphatic carbocycles. The second-order valence-corrected chi connectivity index (χ2v) is 5.21. The van der Waals surface area contributed by atoms with Crippen molar-refractivity contribution in [1.29, 1.82) is 0 Å². The molecule has 0 radical (unpaired) electrons. The van der Waals surface area contributed by atoms with Crippen molar-refractivity contribution in [3.63, 3.8) is 0 Å². The van der Waals surface area contributed by atoms with Crippen molar-refractivity contribution in [2.24, 2.45) is 0 Å². The minimum Gasteiger partial charge on any atom is -0.317 e. The van der Waals surface area contributed by atoms with Gasteiger partial charge in [0.1, 0.15) is 0 Å². The van der Waals surface area contributed by atoms with Gasteiger partial charge >= 0.3 is 0 Å². The van der Waals surface area contributed by atoms with Crippen LogP contribution in [0.4, 0.5) is 0 Å². The van der Waals surface area contributed by atoms with Gasteiger partial charge in [0, 0.05) is 11.4 Å². The molecule has 2 rings (SSSR count). The zero-order valence-corrected chi connectivity index (χ0v) is 12.3. The molecule has 1 aromatic heterocycles. The SMILES string of the molecule is CCC[C@@H](CCCc1n[nH]c(=O)c2ccccc12)NC. The van der Waals surface area contributed by atoms with E-state index in [2.05, 4.69) is 22.4 Å². The molecule has 0 unspecified atom stereocenters. The van der Waals surface area contributed by atoms with E-state index < -0.39 is 0 Å². The van der Waals surface area contributed by atoms with Crippen molar-refractivity contribution in [3.8, 4) is 0 Å². The Morgan fingerprint density at radius 2 is 2.00 bits per heavy atom. The van der Waals surface area contributed by atoms with Crippen LogP contribution in [0.15, 0.2) is 29.1 Å². The standard InChI is InChI=1S/C16H23N3O/c1-3-7-12(17-2)8-6-11-15-13-9-4-5-10-14(13)16(20)19-18-15/h4-5,9-10,12,17H,3,6-8,11H2,1-2H3,(H,19,20)/t12-/m0/s1. The van der Waals surface area contributed by atoms with Crippen molar-refractivity contribution < 1.29 is 0 Å². The van der Waals surface area contributed by atoms with Crippen LogP contribution < -0.4 is 10.9 Å². The number of aromatic amines is 1. The summed E-state index contributed by atoms with van der Waals surface area (Å²) in [4.78, 5) is 11.7. The van der Waals surface area contributed by atoms with E-state index in [0.717, 1.165) is 35.7 Å². The van der Waals surface area contributed by atoms with Gasteiger partial charge in [0.05, 0.1) is 11.1 Å². The van der Waals surface area contributed by atoms with Crippen molar-refractivity contribution in [2.75, 3.05) is 7.05 Å². The maximum Gasteiger partial charge on any atom is 0.272 e. The molecule has 1 atom stereocenters. The summed E-state index contributed by atoms with van der Waals surface area (Å²) in [6.07, 6.45) is 5.52. The lowest BCUT2D eigenvalue weighted by Gasteiger charge is -2.14. The fraction of sp³-hybridized carbons (Fsp3) is 0.500. The van der Waals surface area contributed by atoms with Crippen LogP contribution in [-0.4, -0.2) is 23.3 Å². The lowest BCUT2D eigenvalue weighted by atomic mass is 10.0. The molecule has 20 heavy (non-hydrogen) atoms. The van der Waals surface area contributed by atoms with E-state index in [-0.39, 0.29) is 5.56 Å². The predicted molar refractivity (Wildman–Crippen MR) is 83.1 cm³/mol. The van der Waals surface area contributed by atoms with Gasteiger partial charge in [-0.25, -0.2) is 5.10 Å². The first-order chi connectivity index (χ1) is 9.76. The third kappa shape index (κ3) is 3.45. The molecule has 1 aromatic carbocycles. The lowest BCUT2D eigenvalue weighted by molar-refractivity contribution is 0.468. The number of aromatic nitrogens is 2. The van der Waals surface area contributed by atoms with E-state index in [1.807, 2.05) is 31.3 Å². The minimum absolute atomic E-state index is 0.108. The first-order valence-corrected chi connectivity index (χ1v) is 7.39. The van der Waals surface area contributed by atoms with E-state index >= 15 is 0 Å². The summed E-state index contributed by atoms with van der Waals surface area (Å²) in [6.45, 7) is 2.21. The molecule has 0 spiro atoms. The molecular formula is C16H23N3O. The van der Waals surface area contributed by atoms with Gasteiger partial charge in [0.2, 0.25) is 0 Å². The van der Waals surface area contributed by atoms with Gasteiger partial charge in [-0.2, -0.15) is 5.10 Å². The molecule has 0 aliphatic rings. The Bertz CT molecular complexity index is 606. The average Bonchev–Trinajstić information content (AvgIpc) is 2.49. The van der Waals surface area contributed by atoms with E-state index in [0.29, 0.717) is 6.04 Å². The summed E-state index contributed by atoms with van der Waals surface area (Å²) in [5.74, 6) is 0. The number of fused-ring (bicyclic) bond motifs is 1. The normalized spacial score (nSPS) is 12.7. The van der Waals surface area contributed by atoms with Gasteiger partial charge in [-0.3, -0.25) is 4.79 Å². The first-order valence-electron chi connectivity index (χ1n) is 7.39. The number of nitrogens with one attached hydrogen (secondary N) is 2. The molecular weight excluding hydrogens is 250 g/mol. The third-order valence-electron chi connectivity index (χ3n) is 3.79. The Morgan fingerprint density at radius 3 is 2.70 bits per heavy atom. The highest BCUT2D eigenvalue weighted by atomic mass is 16.1. The molecule has 4 nitrogen and oxygen atoms in total. The molecule has 0 fully saturated rings. The van der Waals surface area contributed by atoms with Crippen LogP contribution in [0.1, 0.15) is 38.3 Å². The second kappa shape index (κ2) is 7.20. The Labute approximate surface area is 119 Å². The summed E-state index contributed by atoms with van der Waals surface area (Å²) in [6, 6.07) is 8.26. The fourth-order valence-corrected chi connectivity index (χ4v) is 2.66. The summed E-state index contributed by atoms with van der Waals surface area (Å²) >= 11 is 0. The highest BCUT2D eigenvalue weighted by Gasteiger charge is 2.08. The van der Waals surface area contributed by atoms with E-state index in [1.54, 1.807) is 0 Å². The Hall–Kier alpha value is -1.68. The van der Waals surface area contributed by atoms with Crippen LogP contribution >= 0.6 is 0 Å². The molecule has 4 heteroatoms. The number of hydrogen-bond acceptors (Lipinski definition) is 3. The molecule has 2 aromatic rings. The van der Waals surface area contributed by atoms with Crippen LogP contribution in [-0.2, 0) is 6.42 Å². The van der Waals surface area contributed by atoms with Gasteiger partial charge in [0.25, 0.3) is 5.56 Å². The van der Waals surface area contributed by atoms with Crippen molar-refractivity contribution in [1.82, 2.24) is 15.5 Å². The molecule has 0 bridgehead atoms. The smallest absolute Gasteiger partial charge is 0.272 e. The molecule has 1 heterocycles. The van der Waals surface area contributed by atoms with E-state index in [9.17, 15) is 4.79 Å². The predicted octanol–water partition coefficient (Wildman–Crippen LogP) is 2.63. The minimum atomic E-state index is -0.108.